The number of hydrogen-bond acceptors (Lipinski definition) is 3. The van der Waals surface area contributed by atoms with Gasteiger partial charge in [0.05, 0.1) is 16.9 Å². The minimum absolute atomic E-state index is 0.00262. The molecule has 2 N–H and O–H groups in total. The highest BCUT2D eigenvalue weighted by atomic mass is 32.2. The van der Waals surface area contributed by atoms with Crippen LogP contribution in [0.4, 0.5) is 0 Å². The molecular formula is C12H14N2O2S. The van der Waals surface area contributed by atoms with Gasteiger partial charge in [-0.25, -0.2) is 13.6 Å². The molecule has 1 saturated carbocycles. The maximum Gasteiger partial charge on any atom is 0.238 e. The Kier molecular flexibility index (Phi) is 2.53. The summed E-state index contributed by atoms with van der Waals surface area (Å²) in [5.41, 5.74) is 0.964. The molecule has 0 radical (unpaired) electrons. The van der Waals surface area contributed by atoms with Gasteiger partial charge in [-0.2, -0.15) is 5.26 Å². The fourth-order valence-corrected chi connectivity index (χ4v) is 2.88. The van der Waals surface area contributed by atoms with Crippen LogP contribution in [0, 0.1) is 22.7 Å². The second-order valence-corrected chi connectivity index (χ2v) is 6.58. The molecule has 0 bridgehead atoms. The minimum Gasteiger partial charge on any atom is -0.225 e. The zero-order valence-electron chi connectivity index (χ0n) is 9.71. The van der Waals surface area contributed by atoms with E-state index in [0.29, 0.717) is 0 Å². The number of rotatable bonds is 2. The largest absolute Gasteiger partial charge is 0.238 e. The van der Waals surface area contributed by atoms with E-state index >= 15 is 0 Å². The number of hydrogen-bond donors (Lipinski definition) is 1. The Hall–Kier alpha value is -1.38. The Morgan fingerprint density at radius 2 is 1.82 bits per heavy atom. The Morgan fingerprint density at radius 3 is 2.18 bits per heavy atom. The van der Waals surface area contributed by atoms with E-state index in [9.17, 15) is 8.42 Å². The summed E-state index contributed by atoms with van der Waals surface area (Å²) in [6.07, 6.45) is 0. The second-order valence-electron chi connectivity index (χ2n) is 5.02. The molecule has 5 heteroatoms. The summed E-state index contributed by atoms with van der Waals surface area (Å²) >= 11 is 0. The van der Waals surface area contributed by atoms with Gasteiger partial charge in [-0.1, -0.05) is 26.0 Å². The van der Waals surface area contributed by atoms with Crippen LogP contribution in [0.5, 0.6) is 0 Å². The lowest BCUT2D eigenvalue weighted by Gasteiger charge is -2.04. The molecule has 1 aromatic carbocycles. The Bertz CT molecular complexity index is 582. The van der Waals surface area contributed by atoms with E-state index in [0.717, 1.165) is 5.56 Å². The van der Waals surface area contributed by atoms with Crippen molar-refractivity contribution in [1.82, 2.24) is 0 Å². The standard InChI is InChI=1S/C12H14N2O2S/c1-12(2)10(7-13)11(12)8-3-5-9(6-4-8)17(14,15)16/h3-6,10-11H,1-2H3,(H2,14,15,16)/t10-,11-/m0/s1. The maximum absolute atomic E-state index is 11.1. The van der Waals surface area contributed by atoms with Crippen molar-refractivity contribution in [3.8, 4) is 6.07 Å². The third kappa shape index (κ3) is 1.94. The van der Waals surface area contributed by atoms with Crippen molar-refractivity contribution < 1.29 is 8.42 Å². The number of primary sulfonamides is 1. The highest BCUT2D eigenvalue weighted by molar-refractivity contribution is 7.89. The topological polar surface area (TPSA) is 83.9 Å². The molecule has 1 aliphatic carbocycles. The van der Waals surface area contributed by atoms with Gasteiger partial charge in [-0.15, -0.1) is 0 Å². The van der Waals surface area contributed by atoms with Crippen molar-refractivity contribution in [2.24, 2.45) is 16.5 Å². The van der Waals surface area contributed by atoms with Crippen LogP contribution >= 0.6 is 0 Å². The number of nitriles is 1. The summed E-state index contributed by atoms with van der Waals surface area (Å²) in [5, 5.41) is 14.0. The van der Waals surface area contributed by atoms with E-state index < -0.39 is 10.0 Å². The summed E-state index contributed by atoms with van der Waals surface area (Å²) in [4.78, 5) is 0.105. The Labute approximate surface area is 101 Å². The van der Waals surface area contributed by atoms with Crippen molar-refractivity contribution in [3.05, 3.63) is 29.8 Å². The predicted octanol–water partition coefficient (Wildman–Crippen LogP) is 1.60. The first-order valence-electron chi connectivity index (χ1n) is 5.31. The molecule has 0 heterocycles. The molecule has 17 heavy (non-hydrogen) atoms. The highest BCUT2D eigenvalue weighted by Crippen LogP contribution is 2.63. The molecule has 4 nitrogen and oxygen atoms in total. The maximum atomic E-state index is 11.1. The first kappa shape index (κ1) is 12.1. The van der Waals surface area contributed by atoms with Crippen LogP contribution in [-0.4, -0.2) is 8.42 Å². The van der Waals surface area contributed by atoms with Crippen molar-refractivity contribution >= 4 is 10.0 Å². The fraction of sp³-hybridized carbons (Fsp3) is 0.417. The van der Waals surface area contributed by atoms with Gasteiger partial charge < -0.3 is 0 Å². The first-order valence-corrected chi connectivity index (χ1v) is 6.85. The molecular weight excluding hydrogens is 236 g/mol. The van der Waals surface area contributed by atoms with Crippen LogP contribution in [0.25, 0.3) is 0 Å². The smallest absolute Gasteiger partial charge is 0.225 e. The van der Waals surface area contributed by atoms with Crippen LogP contribution < -0.4 is 5.14 Å². The van der Waals surface area contributed by atoms with E-state index in [4.69, 9.17) is 10.4 Å². The molecule has 0 unspecified atom stereocenters. The van der Waals surface area contributed by atoms with E-state index in [2.05, 4.69) is 6.07 Å². The summed E-state index contributed by atoms with van der Waals surface area (Å²) < 4.78 is 22.2. The van der Waals surface area contributed by atoms with Gasteiger partial charge >= 0.3 is 0 Å². The average Bonchev–Trinajstić information content (AvgIpc) is 2.79. The first-order chi connectivity index (χ1) is 7.78. The number of benzene rings is 1. The van der Waals surface area contributed by atoms with Gasteiger partial charge in [0.2, 0.25) is 10.0 Å². The second kappa shape index (κ2) is 3.56. The molecule has 1 aliphatic rings. The lowest BCUT2D eigenvalue weighted by atomic mass is 10.0. The Balaban J connectivity index is 2.31. The van der Waals surface area contributed by atoms with E-state index in [1.165, 1.54) is 12.1 Å². The Morgan fingerprint density at radius 1 is 1.29 bits per heavy atom. The van der Waals surface area contributed by atoms with Gasteiger partial charge in [0, 0.05) is 5.92 Å². The van der Waals surface area contributed by atoms with Crippen LogP contribution in [0.15, 0.2) is 29.2 Å². The molecule has 2 rings (SSSR count). The molecule has 90 valence electrons. The molecule has 0 amide bonds. The van der Waals surface area contributed by atoms with Gasteiger partial charge in [-0.3, -0.25) is 0 Å². The summed E-state index contributed by atoms with van der Waals surface area (Å²) in [6, 6.07) is 8.75. The van der Waals surface area contributed by atoms with Crippen molar-refractivity contribution in [3.63, 3.8) is 0 Å². The molecule has 0 aliphatic heterocycles. The van der Waals surface area contributed by atoms with Crippen LogP contribution in [0.2, 0.25) is 0 Å². The lowest BCUT2D eigenvalue weighted by molar-refractivity contribution is 0.595. The van der Waals surface area contributed by atoms with Crippen molar-refractivity contribution in [2.75, 3.05) is 0 Å². The van der Waals surface area contributed by atoms with E-state index in [1.807, 2.05) is 13.8 Å². The number of nitrogens with zero attached hydrogens (tertiary/aromatic N) is 1. The summed E-state index contributed by atoms with van der Waals surface area (Å²) in [6.45, 7) is 4.08. The summed E-state index contributed by atoms with van der Waals surface area (Å²) in [5.74, 6) is 0.185. The van der Waals surface area contributed by atoms with Gasteiger partial charge in [-0.05, 0) is 23.1 Å². The molecule has 0 saturated heterocycles. The normalized spacial score (nSPS) is 26.2. The predicted molar refractivity (Wildman–Crippen MR) is 63.4 cm³/mol. The third-order valence-electron chi connectivity index (χ3n) is 3.53. The number of nitrogens with two attached hydrogens (primary N) is 1. The van der Waals surface area contributed by atoms with E-state index in [-0.39, 0.29) is 22.1 Å². The highest BCUT2D eigenvalue weighted by Gasteiger charge is 2.58. The van der Waals surface area contributed by atoms with Crippen LogP contribution in [-0.2, 0) is 10.0 Å². The van der Waals surface area contributed by atoms with Crippen LogP contribution in [0.1, 0.15) is 25.3 Å². The van der Waals surface area contributed by atoms with E-state index in [1.54, 1.807) is 12.1 Å². The van der Waals surface area contributed by atoms with Crippen molar-refractivity contribution in [1.29, 1.82) is 5.26 Å². The SMILES string of the molecule is CC1(C)[C@@H](C#N)[C@@H]1c1ccc(S(N)(=O)=O)cc1. The van der Waals surface area contributed by atoms with Crippen molar-refractivity contribution in [2.45, 2.75) is 24.7 Å². The van der Waals surface area contributed by atoms with Gasteiger partial charge in [0.15, 0.2) is 0 Å². The monoisotopic (exact) mass is 250 g/mol. The lowest BCUT2D eigenvalue weighted by Crippen LogP contribution is -2.11. The zero-order chi connectivity index (χ0) is 12.8. The quantitative estimate of drug-likeness (QED) is 0.865. The van der Waals surface area contributed by atoms with Gasteiger partial charge in [0.1, 0.15) is 0 Å². The van der Waals surface area contributed by atoms with Crippen LogP contribution in [0.3, 0.4) is 0 Å². The summed E-state index contributed by atoms with van der Waals surface area (Å²) in [7, 11) is -3.64. The third-order valence-corrected chi connectivity index (χ3v) is 4.46. The molecule has 2 atom stereocenters. The number of sulfonamides is 1. The molecule has 1 fully saturated rings. The zero-order valence-corrected chi connectivity index (χ0v) is 10.5. The fourth-order valence-electron chi connectivity index (χ4n) is 2.37. The minimum atomic E-state index is -3.64. The molecule has 0 aromatic heterocycles. The molecule has 1 aromatic rings. The molecule has 0 spiro atoms. The van der Waals surface area contributed by atoms with Gasteiger partial charge in [0.25, 0.3) is 0 Å². The average molecular weight is 250 g/mol.